The summed E-state index contributed by atoms with van der Waals surface area (Å²) in [5, 5.41) is 20.7. The van der Waals surface area contributed by atoms with Crippen LogP contribution in [0.3, 0.4) is 0 Å². The van der Waals surface area contributed by atoms with Crippen molar-refractivity contribution in [2.24, 2.45) is 17.8 Å². The van der Waals surface area contributed by atoms with E-state index in [1.54, 1.807) is 0 Å². The van der Waals surface area contributed by atoms with Gasteiger partial charge < -0.3 is 15.5 Å². The number of carbonyl (C=O) groups is 2. The van der Waals surface area contributed by atoms with Crippen LogP contribution in [0.15, 0.2) is 0 Å². The molecule has 0 spiro atoms. The van der Waals surface area contributed by atoms with Crippen LogP contribution in [0, 0.1) is 17.8 Å². The number of amides is 1. The van der Waals surface area contributed by atoms with Crippen LogP contribution < -0.4 is 5.32 Å². The van der Waals surface area contributed by atoms with E-state index in [-0.39, 0.29) is 18.4 Å². The van der Waals surface area contributed by atoms with Crippen LogP contribution in [-0.2, 0) is 9.59 Å². The van der Waals surface area contributed by atoms with Crippen molar-refractivity contribution in [3.63, 3.8) is 0 Å². The fourth-order valence-corrected chi connectivity index (χ4v) is 2.97. The third-order valence-electron chi connectivity index (χ3n) is 4.28. The number of rotatable bonds is 9. The first-order valence-electron chi connectivity index (χ1n) is 7.71. The van der Waals surface area contributed by atoms with Gasteiger partial charge in [-0.2, -0.15) is 0 Å². The van der Waals surface area contributed by atoms with E-state index in [1.807, 2.05) is 6.92 Å². The second-order valence-electron chi connectivity index (χ2n) is 5.73. The second-order valence-corrected chi connectivity index (χ2v) is 5.73. The summed E-state index contributed by atoms with van der Waals surface area (Å²) in [5.74, 6) is -1.47. The van der Waals surface area contributed by atoms with Gasteiger partial charge in [0.2, 0.25) is 5.91 Å². The maximum Gasteiger partial charge on any atom is 0.307 e. The molecule has 0 heterocycles. The van der Waals surface area contributed by atoms with Crippen LogP contribution in [0.5, 0.6) is 0 Å². The van der Waals surface area contributed by atoms with Gasteiger partial charge in [0.05, 0.1) is 11.8 Å². The number of hydrogen-bond donors (Lipinski definition) is 3. The van der Waals surface area contributed by atoms with E-state index in [0.29, 0.717) is 25.3 Å². The average molecular weight is 285 g/mol. The Hall–Kier alpha value is -1.10. The van der Waals surface area contributed by atoms with Crippen LogP contribution in [-0.4, -0.2) is 35.2 Å². The minimum absolute atomic E-state index is 0.101. The largest absolute Gasteiger partial charge is 0.481 e. The molecule has 0 bridgehead atoms. The average Bonchev–Trinajstić information content (AvgIpc) is 2.87. The van der Waals surface area contributed by atoms with Gasteiger partial charge in [-0.25, -0.2) is 0 Å². The molecule has 0 radical (unpaired) electrons. The van der Waals surface area contributed by atoms with Gasteiger partial charge in [0.25, 0.3) is 0 Å². The van der Waals surface area contributed by atoms with Crippen LogP contribution in [0.25, 0.3) is 0 Å². The standard InChI is InChI=1S/C15H27NO4/c1-2-11-9-12(13(10-11)15(19)20)14(18)16-7-5-3-4-6-8-17/h11-13,17H,2-10H2,1H3,(H,16,18)(H,19,20)/t11?,12-,13+/m0/s1. The monoisotopic (exact) mass is 285 g/mol. The molecule has 1 unspecified atom stereocenters. The maximum atomic E-state index is 12.1. The molecule has 1 aliphatic carbocycles. The summed E-state index contributed by atoms with van der Waals surface area (Å²) in [6, 6.07) is 0. The lowest BCUT2D eigenvalue weighted by Crippen LogP contribution is -2.35. The quantitative estimate of drug-likeness (QED) is 0.564. The zero-order valence-corrected chi connectivity index (χ0v) is 12.3. The zero-order chi connectivity index (χ0) is 15.0. The molecule has 1 fully saturated rings. The molecule has 0 aromatic rings. The Morgan fingerprint density at radius 2 is 1.75 bits per heavy atom. The molecule has 0 aromatic heterocycles. The molecule has 3 N–H and O–H groups in total. The minimum atomic E-state index is -0.843. The first-order valence-corrected chi connectivity index (χ1v) is 7.71. The topological polar surface area (TPSA) is 86.6 Å². The molecule has 1 rings (SSSR count). The van der Waals surface area contributed by atoms with Crippen molar-refractivity contribution in [2.75, 3.05) is 13.2 Å². The lowest BCUT2D eigenvalue weighted by atomic mass is 9.95. The summed E-state index contributed by atoms with van der Waals surface area (Å²) < 4.78 is 0. The molecule has 5 nitrogen and oxygen atoms in total. The van der Waals surface area contributed by atoms with E-state index in [0.717, 1.165) is 32.1 Å². The lowest BCUT2D eigenvalue weighted by molar-refractivity contribution is -0.146. The SMILES string of the molecule is CCC1C[C@H](C(=O)NCCCCCCO)[C@H](C(=O)O)C1. The van der Waals surface area contributed by atoms with Crippen molar-refractivity contribution >= 4 is 11.9 Å². The van der Waals surface area contributed by atoms with Gasteiger partial charge in [0.15, 0.2) is 0 Å². The van der Waals surface area contributed by atoms with E-state index in [4.69, 9.17) is 5.11 Å². The van der Waals surface area contributed by atoms with Gasteiger partial charge in [-0.3, -0.25) is 9.59 Å². The molecule has 0 aliphatic heterocycles. The number of carboxylic acids is 1. The second kappa shape index (κ2) is 8.95. The number of hydrogen-bond acceptors (Lipinski definition) is 3. The van der Waals surface area contributed by atoms with Crippen LogP contribution >= 0.6 is 0 Å². The predicted octanol–water partition coefficient (Wildman–Crippen LogP) is 1.79. The van der Waals surface area contributed by atoms with Gasteiger partial charge in [0, 0.05) is 13.2 Å². The smallest absolute Gasteiger partial charge is 0.307 e. The van der Waals surface area contributed by atoms with E-state index in [9.17, 15) is 14.7 Å². The number of aliphatic hydroxyl groups excluding tert-OH is 1. The number of unbranched alkanes of at least 4 members (excludes halogenated alkanes) is 3. The van der Waals surface area contributed by atoms with Gasteiger partial charge >= 0.3 is 5.97 Å². The van der Waals surface area contributed by atoms with Crippen molar-refractivity contribution in [3.05, 3.63) is 0 Å². The third kappa shape index (κ3) is 5.12. The summed E-state index contributed by atoms with van der Waals surface area (Å²) in [5.41, 5.74) is 0. The molecule has 116 valence electrons. The first kappa shape index (κ1) is 17.0. The van der Waals surface area contributed by atoms with Crippen LogP contribution in [0.2, 0.25) is 0 Å². The molecular formula is C15H27NO4. The lowest BCUT2D eigenvalue weighted by Gasteiger charge is -2.15. The summed E-state index contributed by atoms with van der Waals surface area (Å²) in [4.78, 5) is 23.3. The zero-order valence-electron chi connectivity index (χ0n) is 12.3. The molecule has 0 saturated heterocycles. The van der Waals surface area contributed by atoms with E-state index < -0.39 is 11.9 Å². The third-order valence-corrected chi connectivity index (χ3v) is 4.28. The Balaban J connectivity index is 2.32. The first-order chi connectivity index (χ1) is 9.60. The molecule has 1 amide bonds. The fourth-order valence-electron chi connectivity index (χ4n) is 2.97. The minimum Gasteiger partial charge on any atom is -0.481 e. The van der Waals surface area contributed by atoms with Gasteiger partial charge in [0.1, 0.15) is 0 Å². The highest BCUT2D eigenvalue weighted by molar-refractivity contribution is 5.85. The summed E-state index contributed by atoms with van der Waals surface area (Å²) in [6.07, 6.45) is 5.89. The maximum absolute atomic E-state index is 12.1. The number of nitrogens with one attached hydrogen (secondary N) is 1. The molecule has 20 heavy (non-hydrogen) atoms. The molecule has 1 aliphatic rings. The number of carbonyl (C=O) groups excluding carboxylic acids is 1. The van der Waals surface area contributed by atoms with E-state index in [2.05, 4.69) is 5.32 Å². The van der Waals surface area contributed by atoms with Crippen molar-refractivity contribution in [2.45, 2.75) is 51.9 Å². The van der Waals surface area contributed by atoms with Gasteiger partial charge in [-0.15, -0.1) is 0 Å². The van der Waals surface area contributed by atoms with Crippen LogP contribution in [0.4, 0.5) is 0 Å². The Morgan fingerprint density at radius 3 is 2.35 bits per heavy atom. The highest BCUT2D eigenvalue weighted by atomic mass is 16.4. The fraction of sp³-hybridized carbons (Fsp3) is 0.867. The molecule has 3 atom stereocenters. The van der Waals surface area contributed by atoms with E-state index >= 15 is 0 Å². The van der Waals surface area contributed by atoms with Gasteiger partial charge in [-0.1, -0.05) is 26.2 Å². The predicted molar refractivity (Wildman–Crippen MR) is 76.2 cm³/mol. The Kier molecular flexibility index (Phi) is 7.59. The number of aliphatic hydroxyl groups is 1. The van der Waals surface area contributed by atoms with Crippen molar-refractivity contribution in [1.29, 1.82) is 0 Å². The highest BCUT2D eigenvalue weighted by Gasteiger charge is 2.41. The number of aliphatic carboxylic acids is 1. The molecule has 1 saturated carbocycles. The molecule has 0 aromatic carbocycles. The van der Waals surface area contributed by atoms with Crippen molar-refractivity contribution < 1.29 is 19.8 Å². The highest BCUT2D eigenvalue weighted by Crippen LogP contribution is 2.38. The Labute approximate surface area is 120 Å². The normalized spacial score (nSPS) is 25.6. The van der Waals surface area contributed by atoms with Gasteiger partial charge in [-0.05, 0) is 31.6 Å². The van der Waals surface area contributed by atoms with Crippen molar-refractivity contribution in [1.82, 2.24) is 5.32 Å². The Morgan fingerprint density at radius 1 is 1.10 bits per heavy atom. The van der Waals surface area contributed by atoms with E-state index in [1.165, 1.54) is 0 Å². The number of carboxylic acid groups (broad SMARTS) is 1. The van der Waals surface area contributed by atoms with Crippen LogP contribution in [0.1, 0.15) is 51.9 Å². The molecule has 5 heteroatoms. The summed E-state index contributed by atoms with van der Waals surface area (Å²) >= 11 is 0. The van der Waals surface area contributed by atoms with Crippen molar-refractivity contribution in [3.8, 4) is 0 Å². The summed E-state index contributed by atoms with van der Waals surface area (Å²) in [7, 11) is 0. The Bertz CT molecular complexity index is 319. The summed E-state index contributed by atoms with van der Waals surface area (Å²) in [6.45, 7) is 2.86. The molecular weight excluding hydrogens is 258 g/mol.